The Morgan fingerprint density at radius 1 is 1.16 bits per heavy atom. The molecule has 8 heteroatoms. The van der Waals surface area contributed by atoms with Crippen LogP contribution in [0.4, 0.5) is 0 Å². The number of rotatable bonds is 7. The predicted molar refractivity (Wildman–Crippen MR) is 118 cm³/mol. The fraction of sp³-hybridized carbons (Fsp3) is 0.348. The van der Waals surface area contributed by atoms with Gasteiger partial charge >= 0.3 is 0 Å². The van der Waals surface area contributed by atoms with Crippen molar-refractivity contribution in [1.82, 2.24) is 20.1 Å². The Morgan fingerprint density at radius 2 is 1.94 bits per heavy atom. The summed E-state index contributed by atoms with van der Waals surface area (Å²) in [5.74, 6) is 2.24. The smallest absolute Gasteiger partial charge is 0.230 e. The Morgan fingerprint density at radius 3 is 2.71 bits per heavy atom. The second kappa shape index (κ2) is 8.63. The molecule has 0 bridgehead atoms. The molecule has 1 aliphatic carbocycles. The molecule has 2 heterocycles. The van der Waals surface area contributed by atoms with Crippen LogP contribution in [0.5, 0.6) is 11.5 Å². The number of thioether (sulfide) groups is 1. The zero-order valence-corrected chi connectivity index (χ0v) is 18.1. The fourth-order valence-corrected chi connectivity index (χ4v) is 4.45. The number of ether oxygens (including phenoxy) is 2. The predicted octanol–water partition coefficient (Wildman–Crippen LogP) is 3.71. The molecule has 5 rings (SSSR count). The van der Waals surface area contributed by atoms with Gasteiger partial charge in [-0.15, -0.1) is 10.2 Å². The van der Waals surface area contributed by atoms with E-state index in [2.05, 4.69) is 15.5 Å². The van der Waals surface area contributed by atoms with Gasteiger partial charge in [0, 0.05) is 5.69 Å². The van der Waals surface area contributed by atoms with Crippen LogP contribution in [0.3, 0.4) is 0 Å². The van der Waals surface area contributed by atoms with Crippen molar-refractivity contribution >= 4 is 17.7 Å². The second-order valence-corrected chi connectivity index (χ2v) is 8.84. The highest BCUT2D eigenvalue weighted by molar-refractivity contribution is 7.99. The lowest BCUT2D eigenvalue weighted by Crippen LogP contribution is -2.31. The summed E-state index contributed by atoms with van der Waals surface area (Å²) < 4.78 is 13.2. The molecule has 0 saturated heterocycles. The van der Waals surface area contributed by atoms with E-state index in [1.54, 1.807) is 6.33 Å². The highest BCUT2D eigenvalue weighted by atomic mass is 32.2. The van der Waals surface area contributed by atoms with Crippen LogP contribution in [0.1, 0.15) is 30.0 Å². The van der Waals surface area contributed by atoms with Crippen molar-refractivity contribution < 1.29 is 14.3 Å². The molecule has 0 spiro atoms. The number of nitrogens with one attached hydrogen (secondary N) is 1. The Balaban J connectivity index is 1.25. The molecule has 31 heavy (non-hydrogen) atoms. The molecule has 1 atom stereocenters. The molecule has 2 aromatic carbocycles. The third-order valence-corrected chi connectivity index (χ3v) is 6.44. The molecule has 3 aromatic rings. The van der Waals surface area contributed by atoms with Gasteiger partial charge in [0.15, 0.2) is 16.7 Å². The van der Waals surface area contributed by atoms with Crippen molar-refractivity contribution in [3.05, 3.63) is 59.9 Å². The van der Waals surface area contributed by atoms with Crippen LogP contribution >= 0.6 is 11.8 Å². The van der Waals surface area contributed by atoms with E-state index in [9.17, 15) is 4.79 Å². The van der Waals surface area contributed by atoms with Crippen molar-refractivity contribution in [3.8, 4) is 17.2 Å². The van der Waals surface area contributed by atoms with Crippen molar-refractivity contribution in [2.75, 3.05) is 19.0 Å². The molecule has 0 radical (unpaired) electrons. The van der Waals surface area contributed by atoms with E-state index in [0.29, 0.717) is 24.3 Å². The summed E-state index contributed by atoms with van der Waals surface area (Å²) in [7, 11) is 0. The molecule has 1 amide bonds. The number of aromatic nitrogens is 3. The van der Waals surface area contributed by atoms with Gasteiger partial charge in [-0.3, -0.25) is 9.36 Å². The number of fused-ring (bicyclic) bond motifs is 1. The molecule has 160 valence electrons. The molecule has 1 N–H and O–H groups in total. The van der Waals surface area contributed by atoms with Gasteiger partial charge in [0.05, 0.1) is 11.8 Å². The highest BCUT2D eigenvalue weighted by Crippen LogP contribution is 2.43. The topological polar surface area (TPSA) is 78.3 Å². The summed E-state index contributed by atoms with van der Waals surface area (Å²) >= 11 is 1.39. The molecule has 1 fully saturated rings. The minimum Gasteiger partial charge on any atom is -0.486 e. The fourth-order valence-electron chi connectivity index (χ4n) is 3.71. The molecular formula is C23H24N4O3S. The van der Waals surface area contributed by atoms with Crippen LogP contribution < -0.4 is 14.8 Å². The third-order valence-electron chi connectivity index (χ3n) is 5.50. The maximum Gasteiger partial charge on any atom is 0.230 e. The molecule has 1 aromatic heterocycles. The second-order valence-electron chi connectivity index (χ2n) is 7.89. The lowest BCUT2D eigenvalue weighted by Gasteiger charge is -2.23. The van der Waals surface area contributed by atoms with Gasteiger partial charge in [0.25, 0.3) is 0 Å². The van der Waals surface area contributed by atoms with Gasteiger partial charge in [-0.25, -0.2) is 0 Å². The lowest BCUT2D eigenvalue weighted by atomic mass is 10.0. The van der Waals surface area contributed by atoms with Crippen molar-refractivity contribution in [1.29, 1.82) is 0 Å². The molecule has 7 nitrogen and oxygen atoms in total. The monoisotopic (exact) mass is 436 g/mol. The average molecular weight is 437 g/mol. The van der Waals surface area contributed by atoms with Crippen molar-refractivity contribution in [3.63, 3.8) is 0 Å². The number of carbonyl (C=O) groups excluding carboxylic acids is 1. The quantitative estimate of drug-likeness (QED) is 0.569. The number of amides is 1. The Hall–Kier alpha value is -3.00. The normalized spacial score (nSPS) is 16.0. The molecule has 1 unspecified atom stereocenters. The Bertz CT molecular complexity index is 1080. The maximum atomic E-state index is 12.8. The maximum absolute atomic E-state index is 12.8. The van der Waals surface area contributed by atoms with Crippen LogP contribution in [-0.2, 0) is 4.79 Å². The summed E-state index contributed by atoms with van der Waals surface area (Å²) in [6, 6.07) is 14.1. The standard InChI is InChI=1S/C23H24N4O3S/c1-15-2-7-18(8-3-15)27-14-24-26-23(27)31-13-21(28)25-22(16-4-5-16)17-6-9-19-20(12-17)30-11-10-29-19/h2-3,6-9,12,14,16,22H,4-5,10-11,13H2,1H3,(H,25,28). The number of nitrogens with zero attached hydrogens (tertiary/aromatic N) is 3. The number of aryl methyl sites for hydroxylation is 1. The van der Waals surface area contributed by atoms with Crippen molar-refractivity contribution in [2.45, 2.75) is 31.0 Å². The van der Waals surface area contributed by atoms with Crippen LogP contribution in [0.25, 0.3) is 5.69 Å². The minimum atomic E-state index is -0.0183. The number of hydrogen-bond donors (Lipinski definition) is 1. The van der Waals surface area contributed by atoms with Crippen LogP contribution in [0, 0.1) is 12.8 Å². The zero-order valence-electron chi connectivity index (χ0n) is 17.3. The van der Waals surface area contributed by atoms with Gasteiger partial charge in [-0.05, 0) is 55.5 Å². The van der Waals surface area contributed by atoms with Gasteiger partial charge in [-0.1, -0.05) is 35.5 Å². The van der Waals surface area contributed by atoms with Gasteiger partial charge < -0.3 is 14.8 Å². The van der Waals surface area contributed by atoms with E-state index in [1.807, 2.05) is 54.0 Å². The first-order valence-electron chi connectivity index (χ1n) is 10.5. The molecule has 1 saturated carbocycles. The number of carbonyl (C=O) groups is 1. The summed E-state index contributed by atoms with van der Waals surface area (Å²) in [5, 5.41) is 12.1. The molecule has 1 aliphatic heterocycles. The van der Waals surface area contributed by atoms with Crippen molar-refractivity contribution in [2.24, 2.45) is 5.92 Å². The van der Waals surface area contributed by atoms with Gasteiger partial charge in [0.2, 0.25) is 5.91 Å². The average Bonchev–Trinajstić information content (AvgIpc) is 3.53. The minimum absolute atomic E-state index is 0.0149. The summed E-state index contributed by atoms with van der Waals surface area (Å²) in [4.78, 5) is 12.8. The number of hydrogen-bond acceptors (Lipinski definition) is 6. The largest absolute Gasteiger partial charge is 0.486 e. The first kappa shape index (κ1) is 19.9. The van der Waals surface area contributed by atoms with E-state index in [0.717, 1.165) is 35.6 Å². The van der Waals surface area contributed by atoms with E-state index in [-0.39, 0.29) is 17.7 Å². The molecule has 2 aliphatic rings. The summed E-state index contributed by atoms with van der Waals surface area (Å²) in [6.07, 6.45) is 3.91. The summed E-state index contributed by atoms with van der Waals surface area (Å²) in [6.45, 7) is 3.17. The van der Waals surface area contributed by atoms with Crippen LogP contribution in [-0.4, -0.2) is 39.6 Å². The first-order chi connectivity index (χ1) is 15.2. The zero-order chi connectivity index (χ0) is 21.2. The van der Waals surface area contributed by atoms with E-state index < -0.39 is 0 Å². The molecular weight excluding hydrogens is 412 g/mol. The van der Waals surface area contributed by atoms with Crippen LogP contribution in [0.2, 0.25) is 0 Å². The number of benzene rings is 2. The SMILES string of the molecule is Cc1ccc(-n2cnnc2SCC(=O)NC(c2ccc3c(c2)OCCO3)C2CC2)cc1. The van der Waals surface area contributed by atoms with E-state index >= 15 is 0 Å². The van der Waals surface area contributed by atoms with Gasteiger partial charge in [0.1, 0.15) is 19.5 Å². The lowest BCUT2D eigenvalue weighted by molar-refractivity contribution is -0.119. The summed E-state index contributed by atoms with van der Waals surface area (Å²) in [5.41, 5.74) is 3.23. The Kier molecular flexibility index (Phi) is 5.55. The third kappa shape index (κ3) is 4.54. The van der Waals surface area contributed by atoms with E-state index in [1.165, 1.54) is 17.3 Å². The highest BCUT2D eigenvalue weighted by Gasteiger charge is 2.34. The first-order valence-corrected chi connectivity index (χ1v) is 11.4. The van der Waals surface area contributed by atoms with Gasteiger partial charge in [-0.2, -0.15) is 0 Å². The van der Waals surface area contributed by atoms with Crippen LogP contribution in [0.15, 0.2) is 53.9 Å². The van der Waals surface area contributed by atoms with E-state index in [4.69, 9.17) is 9.47 Å². The Labute approximate surface area is 185 Å².